The second-order valence-corrected chi connectivity index (χ2v) is 8.13. The van der Waals surface area contributed by atoms with Crippen LogP contribution in [-0.4, -0.2) is 35.1 Å². The molecule has 0 aliphatic carbocycles. The monoisotopic (exact) mass is 343 g/mol. The fraction of sp³-hybridized carbons (Fsp3) is 1.00. The molecule has 0 rings (SSSR count). The third-order valence-electron chi connectivity index (χ3n) is 4.37. The normalized spacial score (nSPS) is 13.6. The maximum absolute atomic E-state index is 10.4. The van der Waals surface area contributed by atoms with E-state index in [9.17, 15) is 5.11 Å². The maximum atomic E-state index is 10.4. The van der Waals surface area contributed by atoms with E-state index in [4.69, 9.17) is 4.74 Å². The van der Waals surface area contributed by atoms with Gasteiger partial charge in [0, 0.05) is 13.1 Å². The number of hydrogen-bond acceptors (Lipinski definition) is 3. The van der Waals surface area contributed by atoms with Gasteiger partial charge in [-0.25, -0.2) is 0 Å². The highest BCUT2D eigenvalue weighted by Gasteiger charge is 2.22. The van der Waals surface area contributed by atoms with Gasteiger partial charge < -0.3 is 9.84 Å². The van der Waals surface area contributed by atoms with Crippen LogP contribution >= 0.6 is 0 Å². The molecular weight excluding hydrogens is 298 g/mol. The summed E-state index contributed by atoms with van der Waals surface area (Å²) in [5.74, 6) is 0. The molecule has 146 valence electrons. The molecule has 3 heteroatoms. The molecule has 0 heterocycles. The molecule has 24 heavy (non-hydrogen) atoms. The lowest BCUT2D eigenvalue weighted by molar-refractivity contribution is -0.239. The molecule has 3 nitrogen and oxygen atoms in total. The molecule has 0 aromatic carbocycles. The molecule has 1 N–H and O–H groups in total. The summed E-state index contributed by atoms with van der Waals surface area (Å²) >= 11 is 0. The van der Waals surface area contributed by atoms with Crippen LogP contribution < -0.4 is 0 Å². The largest absolute Gasteiger partial charge is 0.356 e. The fourth-order valence-corrected chi connectivity index (χ4v) is 2.91. The highest BCUT2D eigenvalue weighted by molar-refractivity contribution is 4.64. The number of ether oxygens (including phenoxy) is 1. The molecule has 1 unspecified atom stereocenters. The van der Waals surface area contributed by atoms with E-state index < -0.39 is 6.41 Å². The minimum atomic E-state index is -0.767. The molecule has 0 fully saturated rings. The Kier molecular flexibility index (Phi) is 15.1. The molecule has 0 saturated heterocycles. The van der Waals surface area contributed by atoms with Crippen molar-refractivity contribution < 1.29 is 9.84 Å². The van der Waals surface area contributed by atoms with Crippen molar-refractivity contribution in [2.24, 2.45) is 0 Å². The van der Waals surface area contributed by atoms with Gasteiger partial charge in [0.1, 0.15) is 0 Å². The van der Waals surface area contributed by atoms with Crippen LogP contribution in [0.5, 0.6) is 0 Å². The summed E-state index contributed by atoms with van der Waals surface area (Å²) in [6.07, 6.45) is 14.7. The van der Waals surface area contributed by atoms with Gasteiger partial charge in [-0.2, -0.15) is 0 Å². The molecular formula is C21H45NO2. The van der Waals surface area contributed by atoms with Crippen LogP contribution in [0.2, 0.25) is 0 Å². The summed E-state index contributed by atoms with van der Waals surface area (Å²) in [4.78, 5) is 2.13. The second-order valence-electron chi connectivity index (χ2n) is 8.13. The predicted octanol–water partition coefficient (Wildman–Crippen LogP) is 6.10. The zero-order valence-corrected chi connectivity index (χ0v) is 17.3. The lowest BCUT2D eigenvalue weighted by Crippen LogP contribution is -2.42. The molecule has 0 bridgehead atoms. The highest BCUT2D eigenvalue weighted by Crippen LogP contribution is 2.15. The Balaban J connectivity index is 4.09. The van der Waals surface area contributed by atoms with Gasteiger partial charge in [0.15, 0.2) is 0 Å². The van der Waals surface area contributed by atoms with Crippen molar-refractivity contribution in [2.75, 3.05) is 13.1 Å². The first-order chi connectivity index (χ1) is 11.4. The average Bonchev–Trinajstić information content (AvgIpc) is 2.50. The number of unbranched alkanes of at least 4 members (excludes halogenated alkanes) is 10. The predicted molar refractivity (Wildman–Crippen MR) is 105 cm³/mol. The number of hydrogen-bond donors (Lipinski definition) is 1. The number of rotatable bonds is 16. The van der Waals surface area contributed by atoms with Gasteiger partial charge in [-0.1, -0.05) is 78.1 Å². The molecule has 0 radical (unpaired) electrons. The van der Waals surface area contributed by atoms with Crippen LogP contribution in [0.4, 0.5) is 0 Å². The van der Waals surface area contributed by atoms with E-state index in [1.165, 1.54) is 64.2 Å². The van der Waals surface area contributed by atoms with Crippen molar-refractivity contribution in [3.63, 3.8) is 0 Å². The lowest BCUT2D eigenvalue weighted by atomic mass is 10.1. The molecule has 0 saturated carbocycles. The summed E-state index contributed by atoms with van der Waals surface area (Å²) in [6, 6.07) is 0. The number of nitrogens with zero attached hydrogens (tertiary/aromatic N) is 1. The van der Waals surface area contributed by atoms with E-state index in [1.807, 2.05) is 20.8 Å². The summed E-state index contributed by atoms with van der Waals surface area (Å²) in [5.41, 5.74) is -0.306. The van der Waals surface area contributed by atoms with Crippen molar-refractivity contribution in [1.82, 2.24) is 4.90 Å². The number of aliphatic hydroxyl groups is 1. The van der Waals surface area contributed by atoms with E-state index >= 15 is 0 Å². The van der Waals surface area contributed by atoms with Crippen molar-refractivity contribution in [1.29, 1.82) is 0 Å². The van der Waals surface area contributed by atoms with E-state index in [-0.39, 0.29) is 5.60 Å². The van der Waals surface area contributed by atoms with Gasteiger partial charge in [-0.3, -0.25) is 4.90 Å². The van der Waals surface area contributed by atoms with E-state index in [2.05, 4.69) is 18.7 Å². The van der Waals surface area contributed by atoms with Gasteiger partial charge in [-0.15, -0.1) is 0 Å². The highest BCUT2D eigenvalue weighted by atomic mass is 16.6. The van der Waals surface area contributed by atoms with E-state index in [0.29, 0.717) is 0 Å². The standard InChI is InChI=1S/C21H45NO2/c1-6-8-10-12-14-16-18-22(20(23)24-21(3,4)5)19-17-15-13-11-9-7-2/h20,23H,6-19H2,1-5H3. The maximum Gasteiger partial charge on any atom is 0.216 e. The first-order valence-corrected chi connectivity index (χ1v) is 10.5. The third kappa shape index (κ3) is 15.4. The zero-order valence-electron chi connectivity index (χ0n) is 17.3. The molecule has 0 amide bonds. The van der Waals surface area contributed by atoms with Gasteiger partial charge in [0.2, 0.25) is 6.41 Å². The summed E-state index contributed by atoms with van der Waals surface area (Å²) in [5, 5.41) is 10.4. The first kappa shape index (κ1) is 23.9. The Morgan fingerprint density at radius 3 is 1.46 bits per heavy atom. The van der Waals surface area contributed by atoms with E-state index in [0.717, 1.165) is 25.9 Å². The van der Waals surface area contributed by atoms with Crippen LogP contribution in [0, 0.1) is 0 Å². The van der Waals surface area contributed by atoms with Crippen molar-refractivity contribution >= 4 is 0 Å². The SMILES string of the molecule is CCCCCCCCN(CCCCCCCC)C(O)OC(C)(C)C. The minimum Gasteiger partial charge on any atom is -0.356 e. The fourth-order valence-electron chi connectivity index (χ4n) is 2.91. The van der Waals surface area contributed by atoms with Gasteiger partial charge in [-0.05, 0) is 33.6 Å². The first-order valence-electron chi connectivity index (χ1n) is 10.5. The van der Waals surface area contributed by atoms with E-state index in [1.54, 1.807) is 0 Å². The Morgan fingerprint density at radius 1 is 0.708 bits per heavy atom. The van der Waals surface area contributed by atoms with Crippen LogP contribution in [0.15, 0.2) is 0 Å². The molecule has 0 spiro atoms. The van der Waals surface area contributed by atoms with Crippen LogP contribution in [0.1, 0.15) is 112 Å². The van der Waals surface area contributed by atoms with Crippen LogP contribution in [0.3, 0.4) is 0 Å². The minimum absolute atomic E-state index is 0.306. The quantitative estimate of drug-likeness (QED) is 0.271. The molecule has 0 aromatic heterocycles. The summed E-state index contributed by atoms with van der Waals surface area (Å²) in [6.45, 7) is 12.4. The topological polar surface area (TPSA) is 32.7 Å². The number of aliphatic hydroxyl groups excluding tert-OH is 1. The van der Waals surface area contributed by atoms with Crippen LogP contribution in [0.25, 0.3) is 0 Å². The third-order valence-corrected chi connectivity index (χ3v) is 4.37. The average molecular weight is 344 g/mol. The van der Waals surface area contributed by atoms with Crippen molar-refractivity contribution in [3.8, 4) is 0 Å². The van der Waals surface area contributed by atoms with Gasteiger partial charge >= 0.3 is 0 Å². The molecule has 0 aliphatic heterocycles. The Hall–Kier alpha value is -0.120. The molecule has 0 aliphatic rings. The van der Waals surface area contributed by atoms with Crippen LogP contribution in [-0.2, 0) is 4.74 Å². The summed E-state index contributed by atoms with van der Waals surface area (Å²) < 4.78 is 5.77. The molecule has 1 atom stereocenters. The Bertz CT molecular complexity index is 247. The van der Waals surface area contributed by atoms with Gasteiger partial charge in [0.05, 0.1) is 5.60 Å². The Morgan fingerprint density at radius 2 is 1.08 bits per heavy atom. The zero-order chi connectivity index (χ0) is 18.3. The smallest absolute Gasteiger partial charge is 0.216 e. The lowest BCUT2D eigenvalue weighted by Gasteiger charge is -2.32. The summed E-state index contributed by atoms with van der Waals surface area (Å²) in [7, 11) is 0. The van der Waals surface area contributed by atoms with Crippen molar-refractivity contribution in [3.05, 3.63) is 0 Å². The Labute approximate surface area is 152 Å². The van der Waals surface area contributed by atoms with Gasteiger partial charge in [0.25, 0.3) is 0 Å². The second kappa shape index (κ2) is 15.2. The molecule has 0 aromatic rings. The van der Waals surface area contributed by atoms with Crippen molar-refractivity contribution in [2.45, 2.75) is 124 Å².